The number of carbonyl (C=O) groups excluding carboxylic acids is 1. The summed E-state index contributed by atoms with van der Waals surface area (Å²) < 4.78 is 18.5. The van der Waals surface area contributed by atoms with E-state index in [1.165, 1.54) is 11.3 Å². The third-order valence-electron chi connectivity index (χ3n) is 6.52. The average Bonchev–Trinajstić information content (AvgIpc) is 3.25. The molecule has 0 saturated carbocycles. The maximum Gasteiger partial charge on any atom is 0.271 e. The smallest absolute Gasteiger partial charge is 0.271 e. The van der Waals surface area contributed by atoms with Crippen molar-refractivity contribution in [2.75, 3.05) is 33.9 Å². The fourth-order valence-electron chi connectivity index (χ4n) is 4.55. The van der Waals surface area contributed by atoms with Gasteiger partial charge in [0.15, 0.2) is 11.4 Å². The molecule has 0 N–H and O–H groups in total. The van der Waals surface area contributed by atoms with E-state index < -0.39 is 6.04 Å². The van der Waals surface area contributed by atoms with E-state index in [2.05, 4.69) is 0 Å². The first kappa shape index (κ1) is 27.7. The molecule has 4 rings (SSSR count). The molecule has 1 aromatic heterocycles. The topological polar surface area (TPSA) is 106 Å². The number of amides is 1. The standard InChI is InChI=1S/C29H30N4O5S/c1-6-32(7-2)28(35)25-18(3)31-29-33(26(25)22-17-21(36-4)12-13-23(22)37-5)27(34)24(39-29)16-19-8-10-20(11-9-19)38-15-14-30/h8-13,16-17,26H,6-7,15H2,1-5H3/b24-16+/t26-/m0/s1. The number of allylic oxidation sites excluding steroid dienone is 1. The SMILES string of the molecule is CCN(CC)C(=O)C1=C(C)N=c2s/c(=C/c3ccc(OCC#N)cc3)c(=O)n2[C@H]1c1cc(OC)ccc1OC. The van der Waals surface area contributed by atoms with Crippen LogP contribution >= 0.6 is 11.3 Å². The second-order valence-electron chi connectivity index (χ2n) is 8.68. The van der Waals surface area contributed by atoms with Gasteiger partial charge in [-0.15, -0.1) is 0 Å². The number of hydrogen-bond acceptors (Lipinski definition) is 8. The number of aromatic nitrogens is 1. The van der Waals surface area contributed by atoms with Gasteiger partial charge in [0.05, 0.1) is 30.0 Å². The van der Waals surface area contributed by atoms with E-state index in [0.29, 0.717) is 56.5 Å². The Kier molecular flexibility index (Phi) is 8.52. The van der Waals surface area contributed by atoms with Crippen molar-refractivity contribution in [1.29, 1.82) is 5.26 Å². The summed E-state index contributed by atoms with van der Waals surface area (Å²) in [5, 5.41) is 8.72. The highest BCUT2D eigenvalue weighted by atomic mass is 32.1. The molecule has 1 amide bonds. The van der Waals surface area contributed by atoms with Gasteiger partial charge in [0.2, 0.25) is 0 Å². The second-order valence-corrected chi connectivity index (χ2v) is 9.69. The molecule has 0 bridgehead atoms. The monoisotopic (exact) mass is 546 g/mol. The van der Waals surface area contributed by atoms with Crippen LogP contribution in [-0.4, -0.2) is 49.3 Å². The zero-order valence-corrected chi connectivity index (χ0v) is 23.4. The molecule has 0 spiro atoms. The molecule has 0 radical (unpaired) electrons. The number of ether oxygens (including phenoxy) is 3. The second kappa shape index (κ2) is 12.0. The van der Waals surface area contributed by atoms with Crippen LogP contribution in [0.2, 0.25) is 0 Å². The van der Waals surface area contributed by atoms with E-state index in [1.807, 2.05) is 32.0 Å². The van der Waals surface area contributed by atoms with Gasteiger partial charge in [0.1, 0.15) is 29.4 Å². The van der Waals surface area contributed by atoms with Crippen LogP contribution in [0.3, 0.4) is 0 Å². The molecule has 2 heterocycles. The minimum Gasteiger partial charge on any atom is -0.497 e. The first-order valence-corrected chi connectivity index (χ1v) is 13.3. The molecule has 0 fully saturated rings. The number of carbonyl (C=O) groups is 1. The lowest BCUT2D eigenvalue weighted by Gasteiger charge is -2.30. The molecule has 1 aliphatic heterocycles. The molecule has 10 heteroatoms. The van der Waals surface area contributed by atoms with Gasteiger partial charge in [-0.05, 0) is 62.7 Å². The van der Waals surface area contributed by atoms with Crippen molar-refractivity contribution < 1.29 is 19.0 Å². The molecule has 39 heavy (non-hydrogen) atoms. The minimum absolute atomic E-state index is 0.0421. The quantitative estimate of drug-likeness (QED) is 0.409. The summed E-state index contributed by atoms with van der Waals surface area (Å²) in [4.78, 5) is 34.7. The Hall–Kier alpha value is -4.36. The Morgan fingerprint density at radius 3 is 2.44 bits per heavy atom. The molecule has 0 unspecified atom stereocenters. The Labute approximate surface area is 230 Å². The van der Waals surface area contributed by atoms with E-state index in [9.17, 15) is 9.59 Å². The zero-order valence-electron chi connectivity index (χ0n) is 22.6. The molecule has 0 aliphatic carbocycles. The number of benzene rings is 2. The van der Waals surface area contributed by atoms with Crippen molar-refractivity contribution in [2.45, 2.75) is 26.8 Å². The molecule has 3 aromatic rings. The number of fused-ring (bicyclic) bond motifs is 1. The number of thiazole rings is 1. The van der Waals surface area contributed by atoms with Crippen LogP contribution < -0.4 is 29.1 Å². The van der Waals surface area contributed by atoms with E-state index in [0.717, 1.165) is 5.56 Å². The predicted molar refractivity (Wildman–Crippen MR) is 149 cm³/mol. The van der Waals surface area contributed by atoms with Gasteiger partial charge in [-0.1, -0.05) is 23.5 Å². The van der Waals surface area contributed by atoms with Gasteiger partial charge in [-0.25, -0.2) is 4.99 Å². The normalized spacial score (nSPS) is 14.8. The Morgan fingerprint density at radius 1 is 1.13 bits per heavy atom. The van der Waals surface area contributed by atoms with Crippen LogP contribution in [0.5, 0.6) is 17.2 Å². The first-order valence-electron chi connectivity index (χ1n) is 12.5. The summed E-state index contributed by atoms with van der Waals surface area (Å²) in [6, 6.07) is 13.6. The van der Waals surface area contributed by atoms with Crippen molar-refractivity contribution in [1.82, 2.24) is 9.47 Å². The van der Waals surface area contributed by atoms with Crippen LogP contribution in [0.1, 0.15) is 37.9 Å². The lowest BCUT2D eigenvalue weighted by Crippen LogP contribution is -2.43. The Balaban J connectivity index is 1.94. The number of nitrogens with zero attached hydrogens (tertiary/aromatic N) is 4. The summed E-state index contributed by atoms with van der Waals surface area (Å²) >= 11 is 1.26. The average molecular weight is 547 g/mol. The molecule has 0 saturated heterocycles. The molecule has 1 atom stereocenters. The third kappa shape index (κ3) is 5.45. The van der Waals surface area contributed by atoms with E-state index in [4.69, 9.17) is 24.5 Å². The number of nitriles is 1. The summed E-state index contributed by atoms with van der Waals surface area (Å²) in [7, 11) is 3.12. The van der Waals surface area contributed by atoms with Gasteiger partial charge in [0.25, 0.3) is 11.5 Å². The summed E-state index contributed by atoms with van der Waals surface area (Å²) in [5.41, 5.74) is 2.12. The molecule has 2 aromatic carbocycles. The van der Waals surface area contributed by atoms with Crippen molar-refractivity contribution in [3.05, 3.63) is 84.5 Å². The maximum atomic E-state index is 13.9. The summed E-state index contributed by atoms with van der Waals surface area (Å²) in [5.74, 6) is 1.49. The third-order valence-corrected chi connectivity index (χ3v) is 7.50. The lowest BCUT2D eigenvalue weighted by molar-refractivity contribution is -0.127. The number of rotatable bonds is 9. The van der Waals surface area contributed by atoms with Gasteiger partial charge < -0.3 is 19.1 Å². The van der Waals surface area contributed by atoms with E-state index in [-0.39, 0.29) is 18.1 Å². The van der Waals surface area contributed by atoms with Crippen molar-refractivity contribution in [3.8, 4) is 23.3 Å². The Morgan fingerprint density at radius 2 is 1.82 bits per heavy atom. The van der Waals surface area contributed by atoms with Crippen LogP contribution in [0.15, 0.2) is 63.5 Å². The highest BCUT2D eigenvalue weighted by molar-refractivity contribution is 7.07. The maximum absolute atomic E-state index is 13.9. The number of hydrogen-bond donors (Lipinski definition) is 0. The highest BCUT2D eigenvalue weighted by Crippen LogP contribution is 2.38. The molecule has 202 valence electrons. The molecular formula is C29H30N4O5S. The lowest BCUT2D eigenvalue weighted by atomic mass is 9.93. The van der Waals surface area contributed by atoms with Crippen LogP contribution in [0.25, 0.3) is 6.08 Å². The van der Waals surface area contributed by atoms with Crippen molar-refractivity contribution in [3.63, 3.8) is 0 Å². The number of methoxy groups -OCH3 is 2. The molecule has 1 aliphatic rings. The summed E-state index contributed by atoms with van der Waals surface area (Å²) in [6.07, 6.45) is 1.78. The Bertz CT molecular complexity index is 1630. The fourth-order valence-corrected chi connectivity index (χ4v) is 5.60. The first-order chi connectivity index (χ1) is 18.9. The number of likely N-dealkylation sites (N-methyl/N-ethyl adjacent to an activating group) is 1. The van der Waals surface area contributed by atoms with Gasteiger partial charge in [-0.3, -0.25) is 14.2 Å². The highest BCUT2D eigenvalue weighted by Gasteiger charge is 2.36. The zero-order chi connectivity index (χ0) is 28.1. The van der Waals surface area contributed by atoms with Crippen LogP contribution in [0.4, 0.5) is 0 Å². The van der Waals surface area contributed by atoms with Gasteiger partial charge in [-0.2, -0.15) is 5.26 Å². The largest absolute Gasteiger partial charge is 0.497 e. The van der Waals surface area contributed by atoms with Gasteiger partial charge >= 0.3 is 0 Å². The predicted octanol–water partition coefficient (Wildman–Crippen LogP) is 3.02. The summed E-state index contributed by atoms with van der Waals surface area (Å²) in [6.45, 7) is 6.64. The van der Waals surface area contributed by atoms with Gasteiger partial charge in [0, 0.05) is 18.7 Å². The fraction of sp³-hybridized carbons (Fsp3) is 0.310. The van der Waals surface area contributed by atoms with Crippen LogP contribution in [0, 0.1) is 11.3 Å². The van der Waals surface area contributed by atoms with Crippen molar-refractivity contribution >= 4 is 23.3 Å². The molecular weight excluding hydrogens is 516 g/mol. The van der Waals surface area contributed by atoms with Crippen molar-refractivity contribution in [2.24, 2.45) is 4.99 Å². The van der Waals surface area contributed by atoms with E-state index in [1.54, 1.807) is 67.0 Å². The minimum atomic E-state index is -0.761. The van der Waals surface area contributed by atoms with E-state index >= 15 is 0 Å². The molecule has 9 nitrogen and oxygen atoms in total. The van der Waals surface area contributed by atoms with Crippen LogP contribution in [-0.2, 0) is 4.79 Å².